The van der Waals surface area contributed by atoms with Crippen LogP contribution in [0.4, 0.5) is 0 Å². The number of aliphatic hydroxyl groups is 1. The number of amides is 1. The number of ether oxygens (including phenoxy) is 2. The van der Waals surface area contributed by atoms with Crippen LogP contribution in [0.25, 0.3) is 0 Å². The average Bonchev–Trinajstić information content (AvgIpc) is 2.47. The van der Waals surface area contributed by atoms with Crippen molar-refractivity contribution in [3.63, 3.8) is 0 Å². The van der Waals surface area contributed by atoms with Crippen LogP contribution in [-0.4, -0.2) is 47.8 Å². The summed E-state index contributed by atoms with van der Waals surface area (Å²) < 4.78 is 11.1. The van der Waals surface area contributed by atoms with Gasteiger partial charge in [0.05, 0.1) is 5.02 Å². The highest BCUT2D eigenvalue weighted by Crippen LogP contribution is 2.38. The van der Waals surface area contributed by atoms with Gasteiger partial charge in [-0.1, -0.05) is 11.6 Å². The molecule has 22 heavy (non-hydrogen) atoms. The van der Waals surface area contributed by atoms with Crippen LogP contribution < -0.4 is 15.2 Å². The molecule has 2 aliphatic heterocycles. The van der Waals surface area contributed by atoms with Gasteiger partial charge in [-0.2, -0.15) is 0 Å². The summed E-state index contributed by atoms with van der Waals surface area (Å²) in [4.78, 5) is 13.4. The highest BCUT2D eigenvalue weighted by Gasteiger charge is 2.38. The smallest absolute Gasteiger partial charge is 0.250 e. The zero-order chi connectivity index (χ0) is 15.7. The molecule has 7 heteroatoms. The van der Waals surface area contributed by atoms with E-state index in [1.807, 2.05) is 17.0 Å². The third kappa shape index (κ3) is 2.99. The maximum atomic E-state index is 11.4. The largest absolute Gasteiger partial charge is 0.486 e. The van der Waals surface area contributed by atoms with Crippen molar-refractivity contribution in [3.8, 4) is 11.5 Å². The minimum atomic E-state index is -1.45. The summed E-state index contributed by atoms with van der Waals surface area (Å²) >= 11 is 6.22. The Labute approximate surface area is 133 Å². The van der Waals surface area contributed by atoms with E-state index in [4.69, 9.17) is 26.8 Å². The lowest BCUT2D eigenvalue weighted by Crippen LogP contribution is -2.55. The number of carbonyl (C=O) groups is 1. The third-order valence-electron chi connectivity index (χ3n) is 4.07. The molecule has 3 N–H and O–H groups in total. The lowest BCUT2D eigenvalue weighted by molar-refractivity contribution is -0.142. The molecule has 1 amide bonds. The van der Waals surface area contributed by atoms with Crippen LogP contribution >= 0.6 is 11.6 Å². The van der Waals surface area contributed by atoms with E-state index in [0.717, 1.165) is 18.5 Å². The van der Waals surface area contributed by atoms with E-state index in [-0.39, 0.29) is 6.54 Å². The Balaban J connectivity index is 1.76. The van der Waals surface area contributed by atoms with E-state index < -0.39 is 11.5 Å². The maximum Gasteiger partial charge on any atom is 0.250 e. The van der Waals surface area contributed by atoms with Gasteiger partial charge < -0.3 is 20.3 Å². The van der Waals surface area contributed by atoms with Gasteiger partial charge in [-0.3, -0.25) is 9.69 Å². The Hall–Kier alpha value is -1.50. The van der Waals surface area contributed by atoms with E-state index in [2.05, 4.69) is 0 Å². The minimum absolute atomic E-state index is 0.231. The van der Waals surface area contributed by atoms with Gasteiger partial charge in [0, 0.05) is 13.1 Å². The molecule has 0 bridgehead atoms. The number of nitrogens with zero attached hydrogens (tertiary/aromatic N) is 1. The summed E-state index contributed by atoms with van der Waals surface area (Å²) in [6.07, 6.45) is 1.12. The van der Waals surface area contributed by atoms with Crippen LogP contribution in [0, 0.1) is 0 Å². The quantitative estimate of drug-likeness (QED) is 0.863. The molecular weight excluding hydrogens is 308 g/mol. The van der Waals surface area contributed by atoms with Crippen LogP contribution in [-0.2, 0) is 11.3 Å². The molecule has 1 aromatic rings. The molecule has 1 saturated heterocycles. The summed E-state index contributed by atoms with van der Waals surface area (Å²) in [5.41, 5.74) is 4.80. The first kappa shape index (κ1) is 15.4. The average molecular weight is 327 g/mol. The second-order valence-electron chi connectivity index (χ2n) is 5.81. The van der Waals surface area contributed by atoms with Gasteiger partial charge in [0.1, 0.15) is 13.2 Å². The van der Waals surface area contributed by atoms with E-state index in [1.54, 1.807) is 0 Å². The zero-order valence-electron chi connectivity index (χ0n) is 12.2. The molecule has 2 aliphatic rings. The van der Waals surface area contributed by atoms with Crippen molar-refractivity contribution in [2.24, 2.45) is 5.73 Å². The van der Waals surface area contributed by atoms with Crippen molar-refractivity contribution in [2.45, 2.75) is 25.0 Å². The molecule has 0 unspecified atom stereocenters. The molecule has 2 heterocycles. The molecule has 6 nitrogen and oxygen atoms in total. The fourth-order valence-electron chi connectivity index (χ4n) is 2.97. The number of fused-ring (bicyclic) bond motifs is 1. The Morgan fingerprint density at radius 2 is 2.18 bits per heavy atom. The molecule has 0 spiro atoms. The van der Waals surface area contributed by atoms with Gasteiger partial charge in [0.15, 0.2) is 17.1 Å². The Morgan fingerprint density at radius 3 is 2.95 bits per heavy atom. The molecule has 120 valence electrons. The lowest BCUT2D eigenvalue weighted by atomic mass is 9.92. The summed E-state index contributed by atoms with van der Waals surface area (Å²) in [5.74, 6) is 0.539. The molecule has 3 rings (SSSR count). The monoisotopic (exact) mass is 326 g/mol. The first-order valence-electron chi connectivity index (χ1n) is 7.31. The van der Waals surface area contributed by atoms with Crippen molar-refractivity contribution in [3.05, 3.63) is 22.7 Å². The highest BCUT2D eigenvalue weighted by atomic mass is 35.5. The van der Waals surface area contributed by atoms with Gasteiger partial charge in [-0.25, -0.2) is 0 Å². The molecule has 0 aromatic heterocycles. The first-order valence-corrected chi connectivity index (χ1v) is 7.68. The van der Waals surface area contributed by atoms with Crippen LogP contribution in [0.3, 0.4) is 0 Å². The SMILES string of the molecule is NC(=O)[C@]1(O)CCCN(Cc2cc(Cl)c3c(c2)OCCO3)C1. The number of primary amides is 1. The van der Waals surface area contributed by atoms with Crippen LogP contribution in [0.15, 0.2) is 12.1 Å². The van der Waals surface area contributed by atoms with Crippen LogP contribution in [0.2, 0.25) is 5.02 Å². The highest BCUT2D eigenvalue weighted by molar-refractivity contribution is 6.32. The fourth-order valence-corrected chi connectivity index (χ4v) is 3.26. The molecule has 0 aliphatic carbocycles. The van der Waals surface area contributed by atoms with Crippen molar-refractivity contribution in [1.29, 1.82) is 0 Å². The zero-order valence-corrected chi connectivity index (χ0v) is 12.9. The van der Waals surface area contributed by atoms with Gasteiger partial charge >= 0.3 is 0 Å². The number of likely N-dealkylation sites (tertiary alicyclic amines) is 1. The topological polar surface area (TPSA) is 85.0 Å². The van der Waals surface area contributed by atoms with Crippen molar-refractivity contribution < 1.29 is 19.4 Å². The van der Waals surface area contributed by atoms with Gasteiger partial charge in [0.2, 0.25) is 0 Å². The van der Waals surface area contributed by atoms with E-state index in [0.29, 0.717) is 42.7 Å². The predicted octanol–water partition coefficient (Wildman–Crippen LogP) is 0.923. The number of β-amino-alcohol motifs (C(OH)–C–C–N with tert-alkyl or cyclic N) is 1. The number of halogens is 1. The Kier molecular flexibility index (Phi) is 4.16. The van der Waals surface area contributed by atoms with Crippen LogP contribution in [0.5, 0.6) is 11.5 Å². The van der Waals surface area contributed by atoms with Gasteiger partial charge in [-0.05, 0) is 37.1 Å². The van der Waals surface area contributed by atoms with Crippen LogP contribution in [0.1, 0.15) is 18.4 Å². The summed E-state index contributed by atoms with van der Waals surface area (Å²) in [6.45, 7) is 2.57. The molecule has 0 saturated carbocycles. The second kappa shape index (κ2) is 5.95. The first-order chi connectivity index (χ1) is 10.5. The number of carbonyl (C=O) groups excluding carboxylic acids is 1. The predicted molar refractivity (Wildman–Crippen MR) is 81.1 cm³/mol. The Morgan fingerprint density at radius 1 is 1.41 bits per heavy atom. The number of nitrogens with two attached hydrogens (primary N) is 1. The fraction of sp³-hybridized carbons (Fsp3) is 0.533. The van der Waals surface area contributed by atoms with E-state index in [1.165, 1.54) is 0 Å². The normalized spacial score (nSPS) is 25.0. The summed E-state index contributed by atoms with van der Waals surface area (Å²) in [5, 5.41) is 10.8. The van der Waals surface area contributed by atoms with E-state index >= 15 is 0 Å². The standard InChI is InChI=1S/C15H19ClN2O4/c16-11-6-10(7-12-13(11)22-5-4-21-12)8-18-3-1-2-15(20,9-18)14(17)19/h6-7,20H,1-5,8-9H2,(H2,17,19)/t15-/m0/s1. The lowest BCUT2D eigenvalue weighted by Gasteiger charge is -2.37. The number of hydrogen-bond donors (Lipinski definition) is 2. The Bertz CT molecular complexity index is 595. The van der Waals surface area contributed by atoms with Crippen molar-refractivity contribution >= 4 is 17.5 Å². The molecular formula is C15H19ClN2O4. The molecule has 0 radical (unpaired) electrons. The summed E-state index contributed by atoms with van der Waals surface area (Å²) in [6, 6.07) is 3.71. The number of rotatable bonds is 3. The molecule has 1 aromatic carbocycles. The number of piperidine rings is 1. The van der Waals surface area contributed by atoms with E-state index in [9.17, 15) is 9.90 Å². The minimum Gasteiger partial charge on any atom is -0.486 e. The second-order valence-corrected chi connectivity index (χ2v) is 6.22. The van der Waals surface area contributed by atoms with Gasteiger partial charge in [-0.15, -0.1) is 0 Å². The molecule has 1 fully saturated rings. The molecule has 1 atom stereocenters. The maximum absolute atomic E-state index is 11.4. The number of benzene rings is 1. The third-order valence-corrected chi connectivity index (χ3v) is 4.35. The van der Waals surface area contributed by atoms with Gasteiger partial charge in [0.25, 0.3) is 5.91 Å². The summed E-state index contributed by atoms with van der Waals surface area (Å²) in [7, 11) is 0. The number of hydrogen-bond acceptors (Lipinski definition) is 5. The van der Waals surface area contributed by atoms with Crippen molar-refractivity contribution in [1.82, 2.24) is 4.90 Å². The van der Waals surface area contributed by atoms with Crippen molar-refractivity contribution in [2.75, 3.05) is 26.3 Å².